The molecule has 0 aromatic heterocycles. The van der Waals surface area contributed by atoms with E-state index in [4.69, 9.17) is 47.6 Å². The first-order chi connectivity index (χ1) is 17.1. The Labute approximate surface area is 208 Å². The second-order valence-corrected chi connectivity index (χ2v) is 9.71. The second-order valence-electron chi connectivity index (χ2n) is 9.71. The highest BCUT2D eigenvalue weighted by Crippen LogP contribution is 2.31. The van der Waals surface area contributed by atoms with Crippen molar-refractivity contribution in [1.29, 1.82) is 0 Å². The van der Waals surface area contributed by atoms with Crippen LogP contribution in [0.15, 0.2) is 0 Å². The van der Waals surface area contributed by atoms with Gasteiger partial charge in [-0.2, -0.15) is 0 Å². The molecular weight excluding hydrogens is 483 g/mol. The van der Waals surface area contributed by atoms with Crippen molar-refractivity contribution in [2.24, 2.45) is 28.7 Å². The fourth-order valence-corrected chi connectivity index (χ4v) is 4.89. The van der Waals surface area contributed by atoms with Crippen LogP contribution in [0.2, 0.25) is 0 Å². The summed E-state index contributed by atoms with van der Waals surface area (Å²) in [6, 6.07) is -1.74. The van der Waals surface area contributed by atoms with Crippen LogP contribution in [0.25, 0.3) is 0 Å². The van der Waals surface area contributed by atoms with E-state index in [2.05, 4.69) is 5.32 Å². The predicted octanol–water partition coefficient (Wildman–Crippen LogP) is -4.78. The van der Waals surface area contributed by atoms with Gasteiger partial charge in [0, 0.05) is 38.1 Å². The molecule has 3 aliphatic rings. The molecule has 1 saturated carbocycles. The van der Waals surface area contributed by atoms with E-state index in [0.717, 1.165) is 0 Å². The van der Waals surface area contributed by atoms with Gasteiger partial charge in [0.15, 0.2) is 18.7 Å². The lowest BCUT2D eigenvalue weighted by atomic mass is 9.89. The molecule has 2 heterocycles. The van der Waals surface area contributed by atoms with Gasteiger partial charge in [-0.1, -0.05) is 0 Å². The number of halogens is 1. The minimum Gasteiger partial charge on any atom is -0.388 e. The largest absolute Gasteiger partial charge is 0.388 e. The minimum atomic E-state index is -1.86. The fourth-order valence-electron chi connectivity index (χ4n) is 4.89. The van der Waals surface area contributed by atoms with Gasteiger partial charge in [0.2, 0.25) is 0 Å². The lowest BCUT2D eigenvalue weighted by molar-refractivity contribution is -0.273. The maximum atomic E-state index is 13.6. The molecule has 2 aliphatic heterocycles. The molecule has 13 atom stereocenters. The van der Waals surface area contributed by atoms with Crippen LogP contribution in [0.5, 0.6) is 0 Å². The molecule has 0 aromatic carbocycles. The third-order valence-electron chi connectivity index (χ3n) is 6.92. The fraction of sp³-hybridized carbons (Fsp3) is 0.952. The van der Waals surface area contributed by atoms with Crippen molar-refractivity contribution in [1.82, 2.24) is 5.32 Å². The third kappa shape index (κ3) is 7.06. The summed E-state index contributed by atoms with van der Waals surface area (Å²) in [6.45, 7) is -0.393. The maximum absolute atomic E-state index is 13.6. The number of aliphatic hydroxyl groups excluding tert-OH is 3. The molecule has 14 nitrogen and oxygen atoms in total. The number of ether oxygens (including phenoxy) is 4. The summed E-state index contributed by atoms with van der Waals surface area (Å²) in [5.41, 5.74) is 28.8. The number of nitrogens with one attached hydrogen (secondary N) is 1. The number of hydrogen-bond donors (Lipinski definition) is 9. The molecule has 15 heteroatoms. The Hall–Kier alpha value is -1.08. The summed E-state index contributed by atoms with van der Waals surface area (Å²) in [5, 5.41) is 32.6. The van der Waals surface area contributed by atoms with E-state index in [9.17, 15) is 24.5 Å². The first-order valence-electron chi connectivity index (χ1n) is 12.3. The maximum Gasteiger partial charge on any atom is 0.252 e. The third-order valence-corrected chi connectivity index (χ3v) is 6.92. The van der Waals surface area contributed by atoms with Gasteiger partial charge in [-0.05, 0) is 19.3 Å². The summed E-state index contributed by atoms with van der Waals surface area (Å²) in [6.07, 6.45) is -8.74. The molecule has 210 valence electrons. The Morgan fingerprint density at radius 1 is 1.00 bits per heavy atom. The molecule has 36 heavy (non-hydrogen) atoms. The van der Waals surface area contributed by atoms with E-state index in [1.165, 1.54) is 0 Å². The molecule has 1 aliphatic carbocycles. The molecule has 1 amide bonds. The molecule has 0 radical (unpaired) electrons. The van der Waals surface area contributed by atoms with Crippen LogP contribution >= 0.6 is 0 Å². The Bertz CT molecular complexity index is 713. The number of carbonyl (C=O) groups is 1. The van der Waals surface area contributed by atoms with Gasteiger partial charge in [-0.25, -0.2) is 4.39 Å². The number of alkyl halides is 1. The first-order valence-corrected chi connectivity index (χ1v) is 12.3. The zero-order chi connectivity index (χ0) is 26.6. The number of hydrogen-bond acceptors (Lipinski definition) is 13. The molecule has 2 saturated heterocycles. The topological polar surface area (TPSA) is 257 Å². The van der Waals surface area contributed by atoms with Gasteiger partial charge < -0.3 is 68.3 Å². The van der Waals surface area contributed by atoms with Crippen LogP contribution in [0, 0.1) is 0 Å². The van der Waals surface area contributed by atoms with E-state index in [1.807, 2.05) is 0 Å². The summed E-state index contributed by atoms with van der Waals surface area (Å²) >= 11 is 0. The monoisotopic (exact) mass is 524 g/mol. The van der Waals surface area contributed by atoms with E-state index in [0.29, 0.717) is 19.3 Å². The summed E-state index contributed by atoms with van der Waals surface area (Å²) in [7, 11) is 0. The van der Waals surface area contributed by atoms with Gasteiger partial charge in [-0.3, -0.25) is 4.79 Å². The van der Waals surface area contributed by atoms with Crippen molar-refractivity contribution >= 4 is 5.91 Å². The highest BCUT2D eigenvalue weighted by Gasteiger charge is 2.46. The standard InChI is InChI=1S/C21H41FN6O8/c22-11(5-23)17(29)20(32)28-9-1-8(26)2-10(3-9)33-15-4-12(13(6-24)34-15)35-21-16(27)19(31)18(30)14(7-25)36-21/h8-19,21,29-31H,1-7,23-27H2,(H,28,32)/t8?,9?,10?,11?,12-,13?,14-,15?,16+,17?,18+,19?,21-/m0/s1. The predicted molar refractivity (Wildman–Crippen MR) is 123 cm³/mol. The summed E-state index contributed by atoms with van der Waals surface area (Å²) < 4.78 is 37.2. The highest BCUT2D eigenvalue weighted by molar-refractivity contribution is 5.81. The van der Waals surface area contributed by atoms with Crippen molar-refractivity contribution in [3.8, 4) is 0 Å². The molecule has 14 N–H and O–H groups in total. The smallest absolute Gasteiger partial charge is 0.252 e. The average molecular weight is 525 g/mol. The molecule has 0 bridgehead atoms. The van der Waals surface area contributed by atoms with Crippen LogP contribution in [-0.4, -0.2) is 120 Å². The van der Waals surface area contributed by atoms with Crippen LogP contribution in [0.4, 0.5) is 4.39 Å². The lowest BCUT2D eigenvalue weighted by Gasteiger charge is -2.41. The number of rotatable bonds is 10. The summed E-state index contributed by atoms with van der Waals surface area (Å²) in [4.78, 5) is 12.1. The number of amides is 1. The summed E-state index contributed by atoms with van der Waals surface area (Å²) in [5.74, 6) is -0.855. The van der Waals surface area contributed by atoms with Gasteiger partial charge in [-0.15, -0.1) is 0 Å². The van der Waals surface area contributed by atoms with Gasteiger partial charge in [0.05, 0.1) is 24.4 Å². The van der Waals surface area contributed by atoms with Gasteiger partial charge >= 0.3 is 0 Å². The minimum absolute atomic E-state index is 0.0348. The van der Waals surface area contributed by atoms with Crippen molar-refractivity contribution in [2.45, 2.75) is 105 Å². The molecule has 3 rings (SSSR count). The van der Waals surface area contributed by atoms with Crippen LogP contribution in [-0.2, 0) is 23.7 Å². The molecule has 0 spiro atoms. The Morgan fingerprint density at radius 2 is 1.69 bits per heavy atom. The second kappa shape index (κ2) is 13.1. The van der Waals surface area contributed by atoms with E-state index in [-0.39, 0.29) is 31.7 Å². The van der Waals surface area contributed by atoms with Crippen LogP contribution < -0.4 is 34.0 Å². The first kappa shape index (κ1) is 29.5. The van der Waals surface area contributed by atoms with Crippen molar-refractivity contribution in [3.05, 3.63) is 0 Å². The van der Waals surface area contributed by atoms with E-state index >= 15 is 0 Å². The Kier molecular flexibility index (Phi) is 10.7. The van der Waals surface area contributed by atoms with Crippen molar-refractivity contribution in [3.63, 3.8) is 0 Å². The van der Waals surface area contributed by atoms with Crippen molar-refractivity contribution < 1.29 is 43.5 Å². The highest BCUT2D eigenvalue weighted by atomic mass is 19.1. The number of carbonyl (C=O) groups excluding carboxylic acids is 1. The van der Waals surface area contributed by atoms with Crippen LogP contribution in [0.1, 0.15) is 25.7 Å². The normalized spacial score (nSPS) is 43.2. The Morgan fingerprint density at radius 3 is 2.33 bits per heavy atom. The Balaban J connectivity index is 1.55. The van der Waals surface area contributed by atoms with Crippen LogP contribution in [0.3, 0.4) is 0 Å². The molecule has 0 aromatic rings. The quantitative estimate of drug-likeness (QED) is 0.130. The zero-order valence-corrected chi connectivity index (χ0v) is 20.1. The van der Waals surface area contributed by atoms with Gasteiger partial charge in [0.25, 0.3) is 5.91 Å². The van der Waals surface area contributed by atoms with Gasteiger partial charge in [0.1, 0.15) is 24.5 Å². The van der Waals surface area contributed by atoms with E-state index in [1.54, 1.807) is 0 Å². The molecule has 3 fully saturated rings. The number of aliphatic hydroxyl groups is 3. The zero-order valence-electron chi connectivity index (χ0n) is 20.1. The average Bonchev–Trinajstić information content (AvgIpc) is 3.23. The molecular formula is C21H41FN6O8. The lowest BCUT2D eigenvalue weighted by Crippen LogP contribution is -2.63. The molecule has 8 unspecified atom stereocenters. The number of nitrogens with two attached hydrogens (primary N) is 5. The SMILES string of the molecule is NCC(F)C(O)C(=O)NC1CC(N)CC(OC2C[C@H](O[C@H]3O[C@@H](CN)[C@@H](O)C(O)[C@H]3N)C(CN)O2)C1. The van der Waals surface area contributed by atoms with E-state index < -0.39 is 79.9 Å². The van der Waals surface area contributed by atoms with Crippen molar-refractivity contribution in [2.75, 3.05) is 19.6 Å².